The molecule has 6 heteroatoms. The Morgan fingerprint density at radius 3 is 2.79 bits per heavy atom. The predicted octanol–water partition coefficient (Wildman–Crippen LogP) is 3.74. The minimum absolute atomic E-state index is 0.0424. The summed E-state index contributed by atoms with van der Waals surface area (Å²) in [7, 11) is 0. The Hall–Kier alpha value is -2.34. The molecule has 0 saturated heterocycles. The highest BCUT2D eigenvalue weighted by Gasteiger charge is 2.35. The van der Waals surface area contributed by atoms with Crippen LogP contribution < -0.4 is 16.8 Å². The SMILES string of the molecule is CC(C)[C@@H]1CC[C@@H](C)C[C@H]1C(=O)Nc1cc(-c2cccc(N)c2)nn1CCN. The number of nitrogens with zero attached hydrogens (tertiary/aromatic N) is 2. The summed E-state index contributed by atoms with van der Waals surface area (Å²) in [6.07, 6.45) is 3.27. The summed E-state index contributed by atoms with van der Waals surface area (Å²) in [4.78, 5) is 13.2. The zero-order valence-electron chi connectivity index (χ0n) is 17.2. The number of nitrogens with two attached hydrogens (primary N) is 2. The Morgan fingerprint density at radius 2 is 2.11 bits per heavy atom. The minimum atomic E-state index is 0.0424. The number of anilines is 2. The van der Waals surface area contributed by atoms with Crippen molar-refractivity contribution in [3.05, 3.63) is 30.3 Å². The molecule has 0 radical (unpaired) electrons. The standard InChI is InChI=1S/C22H33N5O/c1-14(2)18-8-7-15(3)11-19(18)22(28)25-21-13-20(26-27(21)10-9-23)16-5-4-6-17(24)12-16/h4-6,12-15,18-19H,7-11,23-24H2,1-3H3,(H,25,28)/t15-,18+,19-/m1/s1. The highest BCUT2D eigenvalue weighted by atomic mass is 16.2. The molecule has 0 spiro atoms. The number of benzene rings is 1. The van der Waals surface area contributed by atoms with Gasteiger partial charge in [0.05, 0.1) is 12.2 Å². The van der Waals surface area contributed by atoms with Gasteiger partial charge in [0.25, 0.3) is 0 Å². The van der Waals surface area contributed by atoms with Gasteiger partial charge >= 0.3 is 0 Å². The molecule has 3 atom stereocenters. The van der Waals surface area contributed by atoms with E-state index in [-0.39, 0.29) is 11.8 Å². The number of carbonyl (C=O) groups excluding carboxylic acids is 1. The van der Waals surface area contributed by atoms with Gasteiger partial charge in [-0.25, -0.2) is 4.68 Å². The predicted molar refractivity (Wildman–Crippen MR) is 115 cm³/mol. The molecule has 6 nitrogen and oxygen atoms in total. The van der Waals surface area contributed by atoms with Gasteiger partial charge in [-0.2, -0.15) is 5.10 Å². The summed E-state index contributed by atoms with van der Waals surface area (Å²) < 4.78 is 1.78. The molecular formula is C22H33N5O. The number of hydrogen-bond acceptors (Lipinski definition) is 4. The Labute approximate surface area is 167 Å². The van der Waals surface area contributed by atoms with Crippen molar-refractivity contribution >= 4 is 17.4 Å². The van der Waals surface area contributed by atoms with Crippen LogP contribution in [0.5, 0.6) is 0 Å². The van der Waals surface area contributed by atoms with Crippen molar-refractivity contribution in [1.29, 1.82) is 0 Å². The molecule has 1 aliphatic rings. The molecule has 5 N–H and O–H groups in total. The van der Waals surface area contributed by atoms with E-state index in [4.69, 9.17) is 11.5 Å². The molecule has 1 aromatic heterocycles. The number of nitrogens with one attached hydrogen (secondary N) is 1. The highest BCUT2D eigenvalue weighted by Crippen LogP contribution is 2.38. The van der Waals surface area contributed by atoms with Crippen LogP contribution in [-0.2, 0) is 11.3 Å². The number of hydrogen-bond donors (Lipinski definition) is 3. The lowest BCUT2D eigenvalue weighted by Gasteiger charge is -2.36. The van der Waals surface area contributed by atoms with Gasteiger partial charge in [0, 0.05) is 29.8 Å². The number of aromatic nitrogens is 2. The van der Waals surface area contributed by atoms with E-state index in [1.165, 1.54) is 6.42 Å². The summed E-state index contributed by atoms with van der Waals surface area (Å²) in [5.74, 6) is 2.36. The third-order valence-electron chi connectivity index (χ3n) is 5.91. The lowest BCUT2D eigenvalue weighted by Crippen LogP contribution is -2.37. The van der Waals surface area contributed by atoms with Crippen LogP contribution >= 0.6 is 0 Å². The number of rotatable bonds is 6. The van der Waals surface area contributed by atoms with Crippen molar-refractivity contribution in [2.45, 2.75) is 46.6 Å². The van der Waals surface area contributed by atoms with Crippen LogP contribution in [0.3, 0.4) is 0 Å². The van der Waals surface area contributed by atoms with Crippen LogP contribution in [0.15, 0.2) is 30.3 Å². The van der Waals surface area contributed by atoms with E-state index < -0.39 is 0 Å². The van der Waals surface area contributed by atoms with E-state index in [1.54, 1.807) is 4.68 Å². The Morgan fingerprint density at radius 1 is 1.32 bits per heavy atom. The quantitative estimate of drug-likeness (QED) is 0.662. The van der Waals surface area contributed by atoms with Gasteiger partial charge in [-0.15, -0.1) is 0 Å². The fraction of sp³-hybridized carbons (Fsp3) is 0.545. The van der Waals surface area contributed by atoms with Crippen molar-refractivity contribution in [3.8, 4) is 11.3 Å². The maximum absolute atomic E-state index is 13.2. The average molecular weight is 384 g/mol. The van der Waals surface area contributed by atoms with Crippen molar-refractivity contribution < 1.29 is 4.79 Å². The number of nitrogen functional groups attached to an aromatic ring is 1. The lowest BCUT2D eigenvalue weighted by atomic mass is 9.70. The summed E-state index contributed by atoms with van der Waals surface area (Å²) in [6, 6.07) is 9.52. The Bertz CT molecular complexity index is 813. The first-order chi connectivity index (χ1) is 13.4. The molecule has 1 heterocycles. The largest absolute Gasteiger partial charge is 0.399 e. The zero-order valence-corrected chi connectivity index (χ0v) is 17.2. The number of carbonyl (C=O) groups is 1. The summed E-state index contributed by atoms with van der Waals surface area (Å²) >= 11 is 0. The smallest absolute Gasteiger partial charge is 0.228 e. The Kier molecular flexibility index (Phi) is 6.39. The van der Waals surface area contributed by atoms with E-state index in [2.05, 4.69) is 31.2 Å². The van der Waals surface area contributed by atoms with Crippen molar-refractivity contribution in [2.24, 2.45) is 29.4 Å². The molecule has 152 valence electrons. The van der Waals surface area contributed by atoms with Gasteiger partial charge in [-0.3, -0.25) is 4.79 Å². The molecule has 0 aliphatic heterocycles. The van der Waals surface area contributed by atoms with Crippen LogP contribution in [0.1, 0.15) is 40.0 Å². The molecule has 0 bridgehead atoms. The molecule has 1 fully saturated rings. The fourth-order valence-corrected chi connectivity index (χ4v) is 4.37. The third kappa shape index (κ3) is 4.55. The zero-order chi connectivity index (χ0) is 20.3. The van der Waals surface area contributed by atoms with Crippen LogP contribution in [0.4, 0.5) is 11.5 Å². The lowest BCUT2D eigenvalue weighted by molar-refractivity contribution is -0.124. The molecule has 1 saturated carbocycles. The second-order valence-electron chi connectivity index (χ2n) is 8.47. The summed E-state index contributed by atoms with van der Waals surface area (Å²) in [5, 5.41) is 7.79. The van der Waals surface area contributed by atoms with E-state index in [0.29, 0.717) is 42.3 Å². The molecule has 1 aliphatic carbocycles. The van der Waals surface area contributed by atoms with Gasteiger partial charge in [0.15, 0.2) is 0 Å². The highest BCUT2D eigenvalue weighted by molar-refractivity contribution is 5.92. The van der Waals surface area contributed by atoms with Gasteiger partial charge in [-0.1, -0.05) is 39.3 Å². The Balaban J connectivity index is 1.84. The molecule has 1 amide bonds. The van der Waals surface area contributed by atoms with Crippen molar-refractivity contribution in [3.63, 3.8) is 0 Å². The fourth-order valence-electron chi connectivity index (χ4n) is 4.37. The molecular weight excluding hydrogens is 350 g/mol. The van der Waals surface area contributed by atoms with Crippen molar-refractivity contribution in [1.82, 2.24) is 9.78 Å². The van der Waals surface area contributed by atoms with Crippen LogP contribution in [0.25, 0.3) is 11.3 Å². The number of amides is 1. The maximum Gasteiger partial charge on any atom is 0.228 e. The van der Waals surface area contributed by atoms with Crippen LogP contribution in [0.2, 0.25) is 0 Å². The van der Waals surface area contributed by atoms with Crippen molar-refractivity contribution in [2.75, 3.05) is 17.6 Å². The molecule has 28 heavy (non-hydrogen) atoms. The third-order valence-corrected chi connectivity index (χ3v) is 5.91. The van der Waals surface area contributed by atoms with E-state index >= 15 is 0 Å². The van der Waals surface area contributed by atoms with Crippen LogP contribution in [0, 0.1) is 23.7 Å². The molecule has 0 unspecified atom stereocenters. The second-order valence-corrected chi connectivity index (χ2v) is 8.47. The molecule has 3 rings (SSSR count). The summed E-state index contributed by atoms with van der Waals surface area (Å²) in [6.45, 7) is 7.69. The first kappa shape index (κ1) is 20.4. The normalized spacial score (nSPS) is 22.4. The minimum Gasteiger partial charge on any atom is -0.399 e. The topological polar surface area (TPSA) is 99.0 Å². The first-order valence-corrected chi connectivity index (χ1v) is 10.3. The summed E-state index contributed by atoms with van der Waals surface area (Å²) in [5.41, 5.74) is 14.1. The average Bonchev–Trinajstić information content (AvgIpc) is 3.04. The molecule has 2 aromatic rings. The van der Waals surface area contributed by atoms with Gasteiger partial charge in [-0.05, 0) is 42.7 Å². The maximum atomic E-state index is 13.2. The van der Waals surface area contributed by atoms with Crippen LogP contribution in [-0.4, -0.2) is 22.2 Å². The molecule has 1 aromatic carbocycles. The monoisotopic (exact) mass is 383 g/mol. The van der Waals surface area contributed by atoms with E-state index in [9.17, 15) is 4.79 Å². The van der Waals surface area contributed by atoms with E-state index in [1.807, 2.05) is 30.3 Å². The van der Waals surface area contributed by atoms with E-state index in [0.717, 1.165) is 24.1 Å². The van der Waals surface area contributed by atoms with Gasteiger partial charge in [0.1, 0.15) is 5.82 Å². The van der Waals surface area contributed by atoms with Gasteiger partial charge in [0.2, 0.25) is 5.91 Å². The second kappa shape index (κ2) is 8.78. The first-order valence-electron chi connectivity index (χ1n) is 10.3. The van der Waals surface area contributed by atoms with Gasteiger partial charge < -0.3 is 16.8 Å².